The molecule has 0 aliphatic rings. The van der Waals surface area contributed by atoms with E-state index in [1.165, 1.54) is 51.4 Å². The van der Waals surface area contributed by atoms with E-state index in [2.05, 4.69) is 56.1 Å². The number of ether oxygens (including phenoxy) is 4. The zero-order valence-electron chi connectivity index (χ0n) is 28.0. The predicted molar refractivity (Wildman–Crippen MR) is 167 cm³/mol. The summed E-state index contributed by atoms with van der Waals surface area (Å²) in [5.41, 5.74) is -0.0710. The Morgan fingerprint density at radius 2 is 0.795 bits per heavy atom. The van der Waals surface area contributed by atoms with Gasteiger partial charge in [0.2, 0.25) is 0 Å². The Hall–Kier alpha value is -0.240. The zero-order chi connectivity index (χ0) is 29.3. The van der Waals surface area contributed by atoms with Crippen molar-refractivity contribution in [1.29, 1.82) is 0 Å². The number of hydrogen-bond acceptors (Lipinski definition) is 4. The minimum Gasteiger partial charge on any atom is -0.381 e. The van der Waals surface area contributed by atoms with E-state index in [4.69, 9.17) is 18.9 Å². The average molecular weight is 561 g/mol. The van der Waals surface area contributed by atoms with Crippen LogP contribution in [-0.4, -0.2) is 117 Å². The molecule has 0 spiro atoms. The fourth-order valence-corrected chi connectivity index (χ4v) is 4.70. The lowest BCUT2D eigenvalue weighted by molar-refractivity contribution is -0.870. The molecule has 0 rings (SSSR count). The van der Waals surface area contributed by atoms with E-state index in [0.29, 0.717) is 0 Å². The van der Waals surface area contributed by atoms with Gasteiger partial charge in [-0.05, 0) is 25.7 Å². The largest absolute Gasteiger partial charge is 0.381 e. The molecule has 0 aromatic carbocycles. The van der Waals surface area contributed by atoms with Gasteiger partial charge >= 0.3 is 0 Å². The smallest absolute Gasteiger partial charge is 0.0802 e. The lowest BCUT2D eigenvalue weighted by atomic mass is 9.84. The molecule has 0 fully saturated rings. The second-order valence-corrected chi connectivity index (χ2v) is 13.9. The quantitative estimate of drug-likeness (QED) is 0.0703. The summed E-state index contributed by atoms with van der Waals surface area (Å²) in [6, 6.07) is 0. The Morgan fingerprint density at radius 3 is 1.28 bits per heavy atom. The molecule has 0 N–H and O–H groups in total. The summed E-state index contributed by atoms with van der Waals surface area (Å²) in [4.78, 5) is 0. The van der Waals surface area contributed by atoms with Crippen LogP contribution in [0.2, 0.25) is 0 Å². The molecule has 0 aromatic rings. The molecule has 0 heterocycles. The van der Waals surface area contributed by atoms with E-state index in [9.17, 15) is 0 Å². The number of nitrogens with zero attached hydrogens (tertiary/aromatic N) is 2. The standard InChI is InChI=1S/C33H72N2O4/c1-9-11-13-14-15-18-27-37-30-33(31-38-28-20-23-34(3,4)5,32-39-29-21-24-35(6,7)8)22-17-16-19-26-36-25-12-10-2/h9-32H2,1-8H3/q+2. The van der Waals surface area contributed by atoms with Crippen LogP contribution in [0.15, 0.2) is 0 Å². The third kappa shape index (κ3) is 27.7. The number of hydrogen-bond donors (Lipinski definition) is 0. The van der Waals surface area contributed by atoms with E-state index < -0.39 is 0 Å². The topological polar surface area (TPSA) is 36.9 Å². The highest BCUT2D eigenvalue weighted by Gasteiger charge is 2.31. The molecular weight excluding hydrogens is 488 g/mol. The fraction of sp³-hybridized carbons (Fsp3) is 1.00. The second-order valence-electron chi connectivity index (χ2n) is 13.9. The summed E-state index contributed by atoms with van der Waals surface area (Å²) in [6.07, 6.45) is 16.9. The van der Waals surface area contributed by atoms with E-state index in [0.717, 1.165) is 113 Å². The van der Waals surface area contributed by atoms with E-state index in [-0.39, 0.29) is 5.41 Å². The molecule has 0 radical (unpaired) electrons. The molecule has 0 amide bonds. The van der Waals surface area contributed by atoms with Crippen molar-refractivity contribution in [3.63, 3.8) is 0 Å². The number of quaternary nitrogens is 2. The molecule has 0 atom stereocenters. The van der Waals surface area contributed by atoms with Crippen molar-refractivity contribution in [2.24, 2.45) is 5.41 Å². The van der Waals surface area contributed by atoms with Crippen LogP contribution in [0, 0.1) is 5.41 Å². The molecule has 0 aromatic heterocycles. The highest BCUT2D eigenvalue weighted by atomic mass is 16.5. The lowest BCUT2D eigenvalue weighted by Crippen LogP contribution is -2.39. The second kappa shape index (κ2) is 24.4. The summed E-state index contributed by atoms with van der Waals surface area (Å²) in [7, 11) is 13.5. The van der Waals surface area contributed by atoms with Gasteiger partial charge in [-0.3, -0.25) is 0 Å². The van der Waals surface area contributed by atoms with Crippen LogP contribution >= 0.6 is 0 Å². The third-order valence-electron chi connectivity index (χ3n) is 7.24. The van der Waals surface area contributed by atoms with Crippen molar-refractivity contribution < 1.29 is 27.9 Å². The fourth-order valence-electron chi connectivity index (χ4n) is 4.70. The molecule has 0 saturated heterocycles. The van der Waals surface area contributed by atoms with Crippen molar-refractivity contribution in [2.45, 2.75) is 104 Å². The van der Waals surface area contributed by atoms with Gasteiger partial charge in [-0.1, -0.05) is 65.2 Å². The maximum atomic E-state index is 6.36. The average Bonchev–Trinajstić information content (AvgIpc) is 2.85. The summed E-state index contributed by atoms with van der Waals surface area (Å²) < 4.78 is 26.8. The highest BCUT2D eigenvalue weighted by Crippen LogP contribution is 2.28. The Balaban J connectivity index is 4.94. The minimum atomic E-state index is -0.0710. The van der Waals surface area contributed by atoms with Gasteiger partial charge < -0.3 is 27.9 Å². The summed E-state index contributed by atoms with van der Waals surface area (Å²) in [6.45, 7) is 13.2. The summed E-state index contributed by atoms with van der Waals surface area (Å²) in [5, 5.41) is 0. The van der Waals surface area contributed by atoms with Crippen LogP contribution < -0.4 is 0 Å². The predicted octanol–water partition coefficient (Wildman–Crippen LogP) is 6.95. The molecule has 0 aliphatic heterocycles. The van der Waals surface area contributed by atoms with Crippen molar-refractivity contribution in [3.05, 3.63) is 0 Å². The zero-order valence-corrected chi connectivity index (χ0v) is 28.0. The van der Waals surface area contributed by atoms with Gasteiger partial charge in [0, 0.05) is 38.1 Å². The van der Waals surface area contributed by atoms with Crippen LogP contribution in [0.5, 0.6) is 0 Å². The van der Waals surface area contributed by atoms with Gasteiger partial charge in [-0.25, -0.2) is 0 Å². The van der Waals surface area contributed by atoms with Crippen molar-refractivity contribution in [2.75, 3.05) is 108 Å². The van der Waals surface area contributed by atoms with Gasteiger partial charge in [-0.2, -0.15) is 0 Å². The van der Waals surface area contributed by atoms with Crippen LogP contribution in [-0.2, 0) is 18.9 Å². The molecular formula is C33H72N2O4+2. The maximum Gasteiger partial charge on any atom is 0.0802 e. The third-order valence-corrected chi connectivity index (χ3v) is 7.24. The van der Waals surface area contributed by atoms with Crippen LogP contribution in [0.1, 0.15) is 104 Å². The Bertz CT molecular complexity index is 471. The van der Waals surface area contributed by atoms with E-state index in [1.54, 1.807) is 0 Å². The van der Waals surface area contributed by atoms with Gasteiger partial charge in [0.15, 0.2) is 0 Å². The molecule has 236 valence electrons. The lowest BCUT2D eigenvalue weighted by Gasteiger charge is -2.34. The first-order valence-electron chi connectivity index (χ1n) is 16.5. The summed E-state index contributed by atoms with van der Waals surface area (Å²) >= 11 is 0. The molecule has 0 unspecified atom stereocenters. The normalized spacial score (nSPS) is 12.9. The SMILES string of the molecule is CCCCCCCCOCC(CCCCCOCCCC)(COCCC[N+](C)(C)C)COCCC[N+](C)(C)C. The van der Waals surface area contributed by atoms with Gasteiger partial charge in [0.05, 0.1) is 88.4 Å². The van der Waals surface area contributed by atoms with Gasteiger partial charge in [0.25, 0.3) is 0 Å². The van der Waals surface area contributed by atoms with Crippen LogP contribution in [0.25, 0.3) is 0 Å². The first kappa shape index (κ1) is 38.8. The first-order valence-corrected chi connectivity index (χ1v) is 16.5. The number of rotatable bonds is 30. The highest BCUT2D eigenvalue weighted by molar-refractivity contribution is 4.80. The Morgan fingerprint density at radius 1 is 0.410 bits per heavy atom. The minimum absolute atomic E-state index is 0.0710. The molecule has 0 saturated carbocycles. The number of unbranched alkanes of at least 4 members (excludes halogenated alkanes) is 8. The van der Waals surface area contributed by atoms with Gasteiger partial charge in [0.1, 0.15) is 0 Å². The van der Waals surface area contributed by atoms with Crippen molar-refractivity contribution in [3.8, 4) is 0 Å². The Labute approximate surface area is 245 Å². The first-order chi connectivity index (χ1) is 18.5. The molecule has 0 bridgehead atoms. The van der Waals surface area contributed by atoms with Crippen molar-refractivity contribution >= 4 is 0 Å². The van der Waals surface area contributed by atoms with Gasteiger partial charge in [-0.15, -0.1) is 0 Å². The maximum absolute atomic E-state index is 6.36. The van der Waals surface area contributed by atoms with E-state index in [1.807, 2.05) is 0 Å². The monoisotopic (exact) mass is 561 g/mol. The molecule has 39 heavy (non-hydrogen) atoms. The van der Waals surface area contributed by atoms with Crippen LogP contribution in [0.3, 0.4) is 0 Å². The van der Waals surface area contributed by atoms with Crippen LogP contribution in [0.4, 0.5) is 0 Å². The molecule has 6 heteroatoms. The molecule has 0 aliphatic carbocycles. The Kier molecular flexibility index (Phi) is 24.2. The molecule has 6 nitrogen and oxygen atoms in total. The van der Waals surface area contributed by atoms with Crippen molar-refractivity contribution in [1.82, 2.24) is 0 Å². The summed E-state index contributed by atoms with van der Waals surface area (Å²) in [5.74, 6) is 0. The van der Waals surface area contributed by atoms with E-state index >= 15 is 0 Å².